The highest BCUT2D eigenvalue weighted by Crippen LogP contribution is 2.38. The lowest BCUT2D eigenvalue weighted by atomic mass is 9.73. The lowest BCUT2D eigenvalue weighted by Crippen LogP contribution is -2.54. The number of hydrogen-bond acceptors (Lipinski definition) is 4. The molecule has 0 unspecified atom stereocenters. The van der Waals surface area contributed by atoms with Crippen molar-refractivity contribution in [2.24, 2.45) is 5.92 Å². The van der Waals surface area contributed by atoms with Crippen LogP contribution in [0.5, 0.6) is 0 Å². The van der Waals surface area contributed by atoms with Crippen LogP contribution >= 0.6 is 0 Å². The monoisotopic (exact) mass is 281 g/mol. The number of ether oxygens (including phenoxy) is 1. The van der Waals surface area contributed by atoms with Gasteiger partial charge in [-0.3, -0.25) is 9.69 Å². The third kappa shape index (κ3) is 2.20. The van der Waals surface area contributed by atoms with Crippen molar-refractivity contribution in [3.05, 3.63) is 0 Å². The number of imide groups is 1. The van der Waals surface area contributed by atoms with Crippen molar-refractivity contribution in [1.29, 1.82) is 0 Å². The standard InChI is InChI=1S/C14H23N3O3/c1-11-4-2-3-5-14(11)12(18)17(13(19)15-14)10-16-6-8-20-9-7-16/h11H,2-10H2,1H3,(H,15,19)/t11-,14-/m1/s1. The predicted molar refractivity (Wildman–Crippen MR) is 73.0 cm³/mol. The van der Waals surface area contributed by atoms with Gasteiger partial charge in [0.1, 0.15) is 5.54 Å². The molecule has 0 aromatic heterocycles. The predicted octanol–water partition coefficient (Wildman–Crippen LogP) is 0.777. The maximum atomic E-state index is 12.8. The number of morpholine rings is 1. The molecule has 0 radical (unpaired) electrons. The van der Waals surface area contributed by atoms with E-state index in [1.165, 1.54) is 4.90 Å². The minimum Gasteiger partial charge on any atom is -0.379 e. The zero-order chi connectivity index (χ0) is 14.2. The molecule has 2 saturated heterocycles. The SMILES string of the molecule is C[C@@H]1CCCC[C@@]12NC(=O)N(CN1CCOCC1)C2=O. The third-order valence-electron chi connectivity index (χ3n) is 4.95. The van der Waals surface area contributed by atoms with E-state index in [1.807, 2.05) is 0 Å². The second kappa shape index (κ2) is 5.33. The Balaban J connectivity index is 1.72. The molecule has 0 bridgehead atoms. The molecule has 3 amide bonds. The van der Waals surface area contributed by atoms with Crippen molar-refractivity contribution >= 4 is 11.9 Å². The van der Waals surface area contributed by atoms with Crippen LogP contribution in [0.25, 0.3) is 0 Å². The summed E-state index contributed by atoms with van der Waals surface area (Å²) < 4.78 is 5.30. The molecule has 1 N–H and O–H groups in total. The number of carbonyl (C=O) groups is 2. The summed E-state index contributed by atoms with van der Waals surface area (Å²) in [6, 6.07) is -0.227. The first-order valence-electron chi connectivity index (χ1n) is 7.58. The summed E-state index contributed by atoms with van der Waals surface area (Å²) in [7, 11) is 0. The van der Waals surface area contributed by atoms with E-state index in [2.05, 4.69) is 17.1 Å². The maximum absolute atomic E-state index is 12.8. The Bertz CT molecular complexity index is 408. The highest BCUT2D eigenvalue weighted by Gasteiger charge is 2.54. The summed E-state index contributed by atoms with van der Waals surface area (Å²) in [4.78, 5) is 28.5. The van der Waals surface area contributed by atoms with E-state index in [4.69, 9.17) is 4.74 Å². The number of nitrogens with one attached hydrogen (secondary N) is 1. The Kier molecular flexibility index (Phi) is 3.69. The molecule has 2 aliphatic heterocycles. The normalized spacial score (nSPS) is 35.6. The summed E-state index contributed by atoms with van der Waals surface area (Å²) in [6.45, 7) is 5.37. The minimum atomic E-state index is -0.637. The fourth-order valence-electron chi connectivity index (χ4n) is 3.57. The molecular formula is C14H23N3O3. The van der Waals surface area contributed by atoms with E-state index in [1.54, 1.807) is 0 Å². The van der Waals surface area contributed by atoms with Crippen LogP contribution in [0, 0.1) is 5.92 Å². The van der Waals surface area contributed by atoms with E-state index in [0.29, 0.717) is 19.9 Å². The molecule has 0 aromatic rings. The maximum Gasteiger partial charge on any atom is 0.326 e. The van der Waals surface area contributed by atoms with Gasteiger partial charge in [0.25, 0.3) is 5.91 Å². The fourth-order valence-corrected chi connectivity index (χ4v) is 3.57. The first kappa shape index (κ1) is 13.8. The van der Waals surface area contributed by atoms with Gasteiger partial charge >= 0.3 is 6.03 Å². The second-order valence-electron chi connectivity index (χ2n) is 6.15. The summed E-state index contributed by atoms with van der Waals surface area (Å²) in [6.07, 6.45) is 3.95. The molecule has 3 rings (SSSR count). The van der Waals surface area contributed by atoms with Gasteiger partial charge in [0, 0.05) is 13.1 Å². The molecule has 3 aliphatic rings. The molecule has 2 heterocycles. The third-order valence-corrected chi connectivity index (χ3v) is 4.95. The van der Waals surface area contributed by atoms with Gasteiger partial charge in [-0.1, -0.05) is 19.8 Å². The average Bonchev–Trinajstić information content (AvgIpc) is 2.69. The summed E-state index contributed by atoms with van der Waals surface area (Å²) in [5, 5.41) is 2.99. The van der Waals surface area contributed by atoms with Gasteiger partial charge in [-0.2, -0.15) is 0 Å². The molecular weight excluding hydrogens is 258 g/mol. The molecule has 0 aromatic carbocycles. The molecule has 3 fully saturated rings. The van der Waals surface area contributed by atoms with Gasteiger partial charge in [0.15, 0.2) is 0 Å². The Labute approximate surface area is 119 Å². The van der Waals surface area contributed by atoms with E-state index < -0.39 is 5.54 Å². The lowest BCUT2D eigenvalue weighted by molar-refractivity contribution is -0.136. The molecule has 1 aliphatic carbocycles. The zero-order valence-corrected chi connectivity index (χ0v) is 12.1. The molecule has 6 nitrogen and oxygen atoms in total. The summed E-state index contributed by atoms with van der Waals surface area (Å²) in [5.74, 6) is 0.198. The van der Waals surface area contributed by atoms with Crippen LogP contribution in [0.1, 0.15) is 32.6 Å². The number of carbonyl (C=O) groups excluding carboxylic acids is 2. The van der Waals surface area contributed by atoms with Crippen molar-refractivity contribution in [1.82, 2.24) is 15.1 Å². The molecule has 112 valence electrons. The molecule has 1 spiro atoms. The summed E-state index contributed by atoms with van der Waals surface area (Å²) >= 11 is 0. The van der Waals surface area contributed by atoms with Crippen LogP contribution < -0.4 is 5.32 Å². The highest BCUT2D eigenvalue weighted by atomic mass is 16.5. The van der Waals surface area contributed by atoms with Gasteiger partial charge in [0.05, 0.1) is 19.9 Å². The first-order chi connectivity index (χ1) is 9.63. The number of amides is 3. The van der Waals surface area contributed by atoms with Crippen LogP contribution in [0.4, 0.5) is 4.79 Å². The van der Waals surface area contributed by atoms with Crippen molar-refractivity contribution in [3.63, 3.8) is 0 Å². The van der Waals surface area contributed by atoms with E-state index in [-0.39, 0.29) is 17.9 Å². The van der Waals surface area contributed by atoms with Crippen molar-refractivity contribution in [3.8, 4) is 0 Å². The van der Waals surface area contributed by atoms with Gasteiger partial charge in [-0.05, 0) is 18.8 Å². The second-order valence-corrected chi connectivity index (χ2v) is 6.15. The van der Waals surface area contributed by atoms with Crippen molar-refractivity contribution < 1.29 is 14.3 Å². The Morgan fingerprint density at radius 2 is 2.05 bits per heavy atom. The highest BCUT2D eigenvalue weighted by molar-refractivity contribution is 6.07. The lowest BCUT2D eigenvalue weighted by Gasteiger charge is -2.37. The molecule has 1 saturated carbocycles. The largest absolute Gasteiger partial charge is 0.379 e. The van der Waals surface area contributed by atoms with Gasteiger partial charge in [-0.25, -0.2) is 9.69 Å². The van der Waals surface area contributed by atoms with E-state index in [9.17, 15) is 9.59 Å². The molecule has 6 heteroatoms. The van der Waals surface area contributed by atoms with Gasteiger partial charge < -0.3 is 10.1 Å². The topological polar surface area (TPSA) is 61.9 Å². The number of nitrogens with zero attached hydrogens (tertiary/aromatic N) is 2. The van der Waals surface area contributed by atoms with Crippen LogP contribution in [-0.2, 0) is 9.53 Å². The molecule has 2 atom stereocenters. The molecule has 20 heavy (non-hydrogen) atoms. The van der Waals surface area contributed by atoms with Gasteiger partial charge in [-0.15, -0.1) is 0 Å². The quantitative estimate of drug-likeness (QED) is 0.760. The summed E-state index contributed by atoms with van der Waals surface area (Å²) in [5.41, 5.74) is -0.637. The van der Waals surface area contributed by atoms with E-state index >= 15 is 0 Å². The minimum absolute atomic E-state index is 0.0267. The van der Waals surface area contributed by atoms with Crippen LogP contribution in [0.15, 0.2) is 0 Å². The van der Waals surface area contributed by atoms with Crippen LogP contribution in [-0.4, -0.2) is 60.2 Å². The smallest absolute Gasteiger partial charge is 0.326 e. The van der Waals surface area contributed by atoms with E-state index in [0.717, 1.165) is 38.8 Å². The zero-order valence-electron chi connectivity index (χ0n) is 12.1. The van der Waals surface area contributed by atoms with Crippen molar-refractivity contribution in [2.75, 3.05) is 33.0 Å². The Hall–Kier alpha value is -1.14. The number of urea groups is 1. The van der Waals surface area contributed by atoms with Crippen LogP contribution in [0.3, 0.4) is 0 Å². The Morgan fingerprint density at radius 1 is 1.30 bits per heavy atom. The first-order valence-corrected chi connectivity index (χ1v) is 7.58. The van der Waals surface area contributed by atoms with Gasteiger partial charge in [0.2, 0.25) is 0 Å². The number of rotatable bonds is 2. The van der Waals surface area contributed by atoms with Crippen molar-refractivity contribution in [2.45, 2.75) is 38.1 Å². The van der Waals surface area contributed by atoms with Crippen LogP contribution in [0.2, 0.25) is 0 Å². The fraction of sp³-hybridized carbons (Fsp3) is 0.857. The average molecular weight is 281 g/mol. The number of hydrogen-bond donors (Lipinski definition) is 1. The Morgan fingerprint density at radius 3 is 2.75 bits per heavy atom.